The van der Waals surface area contributed by atoms with Gasteiger partial charge in [0, 0.05) is 16.6 Å². The Balaban J connectivity index is 1.41. The largest absolute Gasteiger partial charge is 0.454 e. The third kappa shape index (κ3) is 3.41. The van der Waals surface area contributed by atoms with Crippen LogP contribution in [0.3, 0.4) is 0 Å². The third-order valence-corrected chi connectivity index (χ3v) is 9.70. The number of hydrogen-bond acceptors (Lipinski definition) is 7. The van der Waals surface area contributed by atoms with E-state index in [1.165, 1.54) is 17.3 Å². The molecule has 9 heteroatoms. The highest BCUT2D eigenvalue weighted by Gasteiger charge is 2.49. The van der Waals surface area contributed by atoms with E-state index in [2.05, 4.69) is 22.4 Å². The molecule has 0 fully saturated rings. The number of thioether (sulfide) groups is 1. The average molecular weight is 476 g/mol. The van der Waals surface area contributed by atoms with Crippen LogP contribution in [0.15, 0.2) is 78.0 Å². The van der Waals surface area contributed by atoms with Crippen molar-refractivity contribution in [3.63, 3.8) is 0 Å². The van der Waals surface area contributed by atoms with Crippen LogP contribution in [0.2, 0.25) is 0 Å². The van der Waals surface area contributed by atoms with Gasteiger partial charge in [-0.25, -0.2) is 0 Å². The zero-order valence-corrected chi connectivity index (χ0v) is 19.6. The van der Waals surface area contributed by atoms with Crippen LogP contribution in [0.5, 0.6) is 11.5 Å². The molecule has 6 rings (SSSR count). The number of para-hydroxylation sites is 1. The molecule has 7 nitrogen and oxygen atoms in total. The van der Waals surface area contributed by atoms with Gasteiger partial charge in [0.1, 0.15) is 5.78 Å². The monoisotopic (exact) mass is 476 g/mol. The molecule has 0 radical (unpaired) electrons. The van der Waals surface area contributed by atoms with Gasteiger partial charge in [-0.05, 0) is 30.7 Å². The van der Waals surface area contributed by atoms with Gasteiger partial charge >= 0.3 is 0 Å². The van der Waals surface area contributed by atoms with Crippen LogP contribution in [0.25, 0.3) is 0 Å². The lowest BCUT2D eigenvalue weighted by Gasteiger charge is -2.22. The number of nitrogens with one attached hydrogen (secondary N) is 1. The summed E-state index contributed by atoms with van der Waals surface area (Å²) in [6.07, 6.45) is 0. The molecule has 3 aromatic carbocycles. The number of aromatic nitrogens is 3. The zero-order chi connectivity index (χ0) is 22.4. The van der Waals surface area contributed by atoms with Gasteiger partial charge in [-0.1, -0.05) is 71.9 Å². The second-order valence-electron chi connectivity index (χ2n) is 7.97. The fraction of sp³-hybridized carbons (Fsp3) is 0.167. The second kappa shape index (κ2) is 7.97. The van der Waals surface area contributed by atoms with Gasteiger partial charge in [0.25, 0.3) is 0 Å². The van der Waals surface area contributed by atoms with Gasteiger partial charge in [-0.15, -0.1) is 5.10 Å². The predicted molar refractivity (Wildman–Crippen MR) is 129 cm³/mol. The van der Waals surface area contributed by atoms with Crippen LogP contribution in [-0.2, 0) is 10.3 Å². The van der Waals surface area contributed by atoms with Crippen LogP contribution in [-0.4, -0.2) is 21.3 Å². The molecular weight excluding hydrogens is 455 g/mol. The van der Waals surface area contributed by atoms with Crippen LogP contribution in [0.1, 0.15) is 22.5 Å². The van der Waals surface area contributed by atoms with Gasteiger partial charge < -0.3 is 14.8 Å². The number of nitrogens with zero attached hydrogens (tertiary/aromatic N) is 3. The van der Waals surface area contributed by atoms with E-state index in [0.717, 1.165) is 16.9 Å². The lowest BCUT2D eigenvalue weighted by atomic mass is 10.2. The van der Waals surface area contributed by atoms with Crippen molar-refractivity contribution in [3.05, 3.63) is 89.5 Å². The molecule has 0 spiro atoms. The number of ether oxygens (including phenoxy) is 2. The first-order chi connectivity index (χ1) is 16.1. The highest BCUT2D eigenvalue weighted by molar-refractivity contribution is 7.98. The van der Waals surface area contributed by atoms with E-state index >= 15 is 0 Å². The Hall–Kier alpha value is -3.22. The minimum Gasteiger partial charge on any atom is -0.454 e. The molecular formula is C24H21N4O3PS. The molecule has 2 aliphatic rings. The first-order valence-corrected chi connectivity index (χ1v) is 13.3. The van der Waals surface area contributed by atoms with Crippen molar-refractivity contribution >= 4 is 30.3 Å². The minimum atomic E-state index is -3.29. The second-order valence-corrected chi connectivity index (χ2v) is 11.6. The lowest BCUT2D eigenvalue weighted by molar-refractivity contribution is 0.173. The number of rotatable bonds is 5. The molecule has 2 atom stereocenters. The molecule has 0 saturated carbocycles. The van der Waals surface area contributed by atoms with Crippen molar-refractivity contribution in [2.75, 3.05) is 12.1 Å². The number of benzene rings is 3. The smallest absolute Gasteiger partial charge is 0.249 e. The number of anilines is 1. The van der Waals surface area contributed by atoms with Crippen molar-refractivity contribution in [2.45, 2.75) is 23.6 Å². The van der Waals surface area contributed by atoms with E-state index in [1.54, 1.807) is 4.45 Å². The fourth-order valence-corrected chi connectivity index (χ4v) is 7.76. The Morgan fingerprint density at radius 3 is 2.70 bits per heavy atom. The van der Waals surface area contributed by atoms with E-state index in [4.69, 9.17) is 14.6 Å². The topological polar surface area (TPSA) is 78.3 Å². The normalized spacial score (nSPS) is 20.5. The Bertz CT molecular complexity index is 1370. The SMILES string of the molecule is Cc1ccc(P2(=O)C(c3cccc4c3OCO4)Nc3nc(SCc4ccccc4)nn32)cc1. The molecule has 0 bridgehead atoms. The molecule has 33 heavy (non-hydrogen) atoms. The maximum atomic E-state index is 14.9. The maximum Gasteiger partial charge on any atom is 0.249 e. The van der Waals surface area contributed by atoms with E-state index in [0.29, 0.717) is 27.9 Å². The number of fused-ring (bicyclic) bond motifs is 2. The maximum absolute atomic E-state index is 14.9. The zero-order valence-electron chi connectivity index (χ0n) is 17.8. The summed E-state index contributed by atoms with van der Waals surface area (Å²) in [5, 5.41) is 9.38. The van der Waals surface area contributed by atoms with E-state index in [-0.39, 0.29) is 6.79 Å². The van der Waals surface area contributed by atoms with E-state index < -0.39 is 13.1 Å². The minimum absolute atomic E-state index is 0.150. The Morgan fingerprint density at radius 1 is 1.06 bits per heavy atom. The molecule has 2 unspecified atom stereocenters. The number of aryl methyl sites for hydroxylation is 1. The Morgan fingerprint density at radius 2 is 1.88 bits per heavy atom. The van der Waals surface area contributed by atoms with Gasteiger partial charge in [0.2, 0.25) is 25.2 Å². The van der Waals surface area contributed by atoms with E-state index in [9.17, 15) is 4.57 Å². The summed E-state index contributed by atoms with van der Waals surface area (Å²) in [6.45, 7) is 2.16. The van der Waals surface area contributed by atoms with Crippen molar-refractivity contribution in [3.8, 4) is 11.5 Å². The summed E-state index contributed by atoms with van der Waals surface area (Å²) in [5.41, 5.74) is 3.06. The summed E-state index contributed by atoms with van der Waals surface area (Å²) >= 11 is 1.52. The van der Waals surface area contributed by atoms with Crippen LogP contribution >= 0.6 is 19.1 Å². The summed E-state index contributed by atoms with van der Waals surface area (Å²) in [4.78, 5) is 4.67. The molecule has 3 heterocycles. The highest BCUT2D eigenvalue weighted by atomic mass is 32.2. The Labute approximate surface area is 195 Å². The molecule has 2 aliphatic heterocycles. The summed E-state index contributed by atoms with van der Waals surface area (Å²) in [7, 11) is -3.29. The van der Waals surface area contributed by atoms with Gasteiger partial charge in [0.15, 0.2) is 11.5 Å². The molecule has 0 amide bonds. The summed E-state index contributed by atoms with van der Waals surface area (Å²) in [5.74, 6) is 1.95. The molecule has 0 aliphatic carbocycles. The van der Waals surface area contributed by atoms with Gasteiger partial charge in [0.05, 0.1) is 0 Å². The van der Waals surface area contributed by atoms with Gasteiger partial charge in [-0.3, -0.25) is 4.57 Å². The average Bonchev–Trinajstić information content (AvgIpc) is 3.54. The third-order valence-electron chi connectivity index (χ3n) is 5.80. The molecule has 4 aromatic rings. The van der Waals surface area contributed by atoms with E-state index in [1.807, 2.05) is 67.6 Å². The van der Waals surface area contributed by atoms with Crippen molar-refractivity contribution in [1.82, 2.24) is 14.5 Å². The predicted octanol–water partition coefficient (Wildman–Crippen LogP) is 5.18. The quantitative estimate of drug-likeness (QED) is 0.314. The van der Waals surface area contributed by atoms with Crippen LogP contribution in [0, 0.1) is 6.92 Å². The van der Waals surface area contributed by atoms with Crippen molar-refractivity contribution in [2.24, 2.45) is 0 Å². The Kier molecular flexibility index (Phi) is 4.93. The highest BCUT2D eigenvalue weighted by Crippen LogP contribution is 2.65. The van der Waals surface area contributed by atoms with Crippen molar-refractivity contribution in [1.29, 1.82) is 0 Å². The molecule has 166 valence electrons. The molecule has 1 aromatic heterocycles. The van der Waals surface area contributed by atoms with Gasteiger partial charge in [-0.2, -0.15) is 9.44 Å². The summed E-state index contributed by atoms with van der Waals surface area (Å²) in [6, 6.07) is 23.6. The first kappa shape index (κ1) is 20.4. The van der Waals surface area contributed by atoms with Crippen molar-refractivity contribution < 1.29 is 14.0 Å². The molecule has 1 N–H and O–H groups in total. The fourth-order valence-electron chi connectivity index (χ4n) is 4.14. The molecule has 0 saturated heterocycles. The summed E-state index contributed by atoms with van der Waals surface area (Å²) < 4.78 is 27.7. The lowest BCUT2D eigenvalue weighted by Crippen LogP contribution is -2.17. The first-order valence-electron chi connectivity index (χ1n) is 10.6. The van der Waals surface area contributed by atoms with Crippen LogP contribution in [0.4, 0.5) is 5.95 Å². The number of hydrogen-bond donors (Lipinski definition) is 1. The van der Waals surface area contributed by atoms with Crippen LogP contribution < -0.4 is 20.1 Å². The standard InChI is InChI=1S/C24H21N4O3PS/c1-16-10-12-18(13-11-16)32(29)22(19-8-5-9-20-21(19)31-15-30-20)25-23-26-24(27-28(23)32)33-14-17-6-3-2-4-7-17/h2-13,22H,14-15H2,1H3,(H,25,26,27).